The highest BCUT2D eigenvalue weighted by Crippen LogP contribution is 2.24. The van der Waals surface area contributed by atoms with E-state index in [9.17, 15) is 19.5 Å². The molecule has 1 fully saturated rings. The molecule has 2 amide bonds. The third kappa shape index (κ3) is 4.55. The molecule has 1 aliphatic rings. The maximum absolute atomic E-state index is 12.9. The number of pyridine rings is 1. The number of aromatic nitrogens is 2. The Morgan fingerprint density at radius 2 is 1.83 bits per heavy atom. The molecule has 0 aliphatic heterocycles. The molecule has 0 spiro atoms. The maximum atomic E-state index is 12.9. The summed E-state index contributed by atoms with van der Waals surface area (Å²) in [5, 5.41) is 15.5. The highest BCUT2D eigenvalue weighted by molar-refractivity contribution is 6.43. The molecular formula is C21H25ClN4O4. The number of hydrogen-bond donors (Lipinski definition) is 3. The minimum absolute atomic E-state index is 0.135. The Kier molecular flexibility index (Phi) is 6.58. The van der Waals surface area contributed by atoms with Crippen molar-refractivity contribution in [1.82, 2.24) is 14.9 Å². The molecule has 1 aliphatic carbocycles. The van der Waals surface area contributed by atoms with Crippen molar-refractivity contribution in [3.05, 3.63) is 46.0 Å². The van der Waals surface area contributed by atoms with E-state index < -0.39 is 17.6 Å². The molecule has 30 heavy (non-hydrogen) atoms. The van der Waals surface area contributed by atoms with Crippen LogP contribution in [0.5, 0.6) is 0 Å². The number of aliphatic hydroxyl groups excluding tert-OH is 1. The van der Waals surface area contributed by atoms with Crippen LogP contribution in [-0.2, 0) is 11.8 Å². The number of nitrogens with one attached hydrogen (secondary N) is 2. The third-order valence-corrected chi connectivity index (χ3v) is 5.78. The van der Waals surface area contributed by atoms with Gasteiger partial charge < -0.3 is 20.3 Å². The Balaban J connectivity index is 1.80. The lowest BCUT2D eigenvalue weighted by atomic mass is 9.93. The molecule has 2 aromatic rings. The summed E-state index contributed by atoms with van der Waals surface area (Å²) in [4.78, 5) is 42.2. The van der Waals surface area contributed by atoms with Crippen molar-refractivity contribution >= 4 is 34.9 Å². The van der Waals surface area contributed by atoms with Gasteiger partial charge in [-0.2, -0.15) is 0 Å². The van der Waals surface area contributed by atoms with Crippen LogP contribution < -0.4 is 10.6 Å². The molecule has 2 aromatic heterocycles. The van der Waals surface area contributed by atoms with E-state index in [1.807, 2.05) is 0 Å². The van der Waals surface area contributed by atoms with Gasteiger partial charge in [0.1, 0.15) is 0 Å². The fourth-order valence-corrected chi connectivity index (χ4v) is 4.06. The van der Waals surface area contributed by atoms with E-state index in [-0.39, 0.29) is 17.8 Å². The number of carbonyl (C=O) groups excluding carboxylic acids is 3. The highest BCUT2D eigenvalue weighted by Gasteiger charge is 2.30. The predicted molar refractivity (Wildman–Crippen MR) is 113 cm³/mol. The number of nitrogens with zero attached hydrogens (tertiary/aromatic N) is 2. The second kappa shape index (κ2) is 8.97. The van der Waals surface area contributed by atoms with Crippen molar-refractivity contribution in [2.24, 2.45) is 7.05 Å². The molecule has 3 rings (SSSR count). The van der Waals surface area contributed by atoms with Gasteiger partial charge in [0, 0.05) is 25.0 Å². The Morgan fingerprint density at radius 1 is 1.17 bits per heavy atom. The number of anilines is 1. The molecule has 0 saturated heterocycles. The summed E-state index contributed by atoms with van der Waals surface area (Å²) in [6.07, 6.45) is 5.05. The Morgan fingerprint density at radius 3 is 2.47 bits per heavy atom. The first kappa shape index (κ1) is 22.0. The lowest BCUT2D eigenvalue weighted by Gasteiger charge is -2.25. The Hall–Kier alpha value is -2.71. The number of amides is 2. The number of ketones is 1. The Bertz CT molecular complexity index is 993. The fraction of sp³-hybridized carbons (Fsp3) is 0.429. The van der Waals surface area contributed by atoms with Gasteiger partial charge in [-0.3, -0.25) is 19.4 Å². The summed E-state index contributed by atoms with van der Waals surface area (Å²) in [6, 6.07) is 1.44. The monoisotopic (exact) mass is 432 g/mol. The zero-order chi connectivity index (χ0) is 22.0. The minimum Gasteiger partial charge on any atom is -0.393 e. The lowest BCUT2D eigenvalue weighted by Crippen LogP contribution is -2.42. The van der Waals surface area contributed by atoms with E-state index in [0.717, 1.165) is 0 Å². The first-order valence-corrected chi connectivity index (χ1v) is 10.2. The summed E-state index contributed by atoms with van der Waals surface area (Å²) >= 11 is 5.91. The summed E-state index contributed by atoms with van der Waals surface area (Å²) in [7, 11) is 1.65. The largest absolute Gasteiger partial charge is 0.393 e. The first-order chi connectivity index (χ1) is 14.2. The lowest BCUT2D eigenvalue weighted by molar-refractivity contribution is -0.118. The molecule has 2 heterocycles. The first-order valence-electron chi connectivity index (χ1n) is 9.80. The standard InChI is InChI=1S/C21H25ClN4O4/c1-11-17(20(29)25-15-8-13(22)9-23-10-15)12(2)26(3)18(11)19(28)21(30)24-14-4-6-16(27)7-5-14/h8-10,14,16,27H,4-7H2,1-3H3,(H,24,30)(H,25,29). The number of carbonyl (C=O) groups is 3. The van der Waals surface area contributed by atoms with E-state index in [2.05, 4.69) is 15.6 Å². The van der Waals surface area contributed by atoms with Gasteiger partial charge in [-0.25, -0.2) is 0 Å². The molecule has 0 radical (unpaired) electrons. The number of Topliss-reactive ketones (excluding diaryl/α,β-unsaturated/α-hetero) is 1. The molecule has 0 atom stereocenters. The van der Waals surface area contributed by atoms with Crippen LogP contribution in [0.25, 0.3) is 0 Å². The second-order valence-corrected chi connectivity index (χ2v) is 8.08. The van der Waals surface area contributed by atoms with Crippen molar-refractivity contribution in [3.63, 3.8) is 0 Å². The molecule has 3 N–H and O–H groups in total. The van der Waals surface area contributed by atoms with Crippen LogP contribution in [0, 0.1) is 13.8 Å². The molecule has 0 bridgehead atoms. The maximum Gasteiger partial charge on any atom is 0.294 e. The summed E-state index contributed by atoms with van der Waals surface area (Å²) < 4.78 is 1.56. The van der Waals surface area contributed by atoms with Gasteiger partial charge in [-0.15, -0.1) is 0 Å². The van der Waals surface area contributed by atoms with Crippen LogP contribution in [0.4, 0.5) is 5.69 Å². The van der Waals surface area contributed by atoms with Gasteiger partial charge in [0.05, 0.1) is 34.3 Å². The SMILES string of the molecule is Cc1c(C(=O)Nc2cncc(Cl)c2)c(C)n(C)c1C(=O)C(=O)NC1CCC(O)CC1. The van der Waals surface area contributed by atoms with Gasteiger partial charge in [0.2, 0.25) is 0 Å². The molecule has 8 nitrogen and oxygen atoms in total. The van der Waals surface area contributed by atoms with Crippen molar-refractivity contribution in [2.75, 3.05) is 5.32 Å². The van der Waals surface area contributed by atoms with Gasteiger partial charge in [-0.1, -0.05) is 11.6 Å². The van der Waals surface area contributed by atoms with Crippen LogP contribution in [0.1, 0.15) is 57.8 Å². The molecule has 0 aromatic carbocycles. The molecule has 1 saturated carbocycles. The predicted octanol–water partition coefficient (Wildman–Crippen LogP) is 2.55. The number of aliphatic hydroxyl groups is 1. The van der Waals surface area contributed by atoms with E-state index in [1.54, 1.807) is 31.5 Å². The summed E-state index contributed by atoms with van der Waals surface area (Å²) in [5.74, 6) is -1.80. The van der Waals surface area contributed by atoms with E-state index in [0.29, 0.717) is 53.2 Å². The van der Waals surface area contributed by atoms with Crippen molar-refractivity contribution in [3.8, 4) is 0 Å². The van der Waals surface area contributed by atoms with Gasteiger partial charge >= 0.3 is 0 Å². The zero-order valence-corrected chi connectivity index (χ0v) is 17.9. The number of rotatable bonds is 5. The summed E-state index contributed by atoms with van der Waals surface area (Å²) in [5.41, 5.74) is 1.93. The van der Waals surface area contributed by atoms with Gasteiger partial charge in [0.15, 0.2) is 0 Å². The van der Waals surface area contributed by atoms with E-state index in [4.69, 9.17) is 11.6 Å². The average Bonchev–Trinajstić information content (AvgIpc) is 2.91. The quantitative estimate of drug-likeness (QED) is 0.496. The topological polar surface area (TPSA) is 113 Å². The summed E-state index contributed by atoms with van der Waals surface area (Å²) in [6.45, 7) is 3.37. The number of hydrogen-bond acceptors (Lipinski definition) is 5. The van der Waals surface area contributed by atoms with E-state index in [1.165, 1.54) is 12.4 Å². The van der Waals surface area contributed by atoms with Crippen LogP contribution >= 0.6 is 11.6 Å². The second-order valence-electron chi connectivity index (χ2n) is 7.65. The molecule has 160 valence electrons. The minimum atomic E-state index is -0.703. The van der Waals surface area contributed by atoms with E-state index >= 15 is 0 Å². The Labute approximate surface area is 179 Å². The van der Waals surface area contributed by atoms with Crippen LogP contribution in [0.15, 0.2) is 18.5 Å². The molecular weight excluding hydrogens is 408 g/mol. The fourth-order valence-electron chi connectivity index (χ4n) is 3.89. The van der Waals surface area contributed by atoms with Gasteiger partial charge in [-0.05, 0) is 51.2 Å². The smallest absolute Gasteiger partial charge is 0.294 e. The van der Waals surface area contributed by atoms with Crippen molar-refractivity contribution in [1.29, 1.82) is 0 Å². The molecule has 0 unspecified atom stereocenters. The normalized spacial score (nSPS) is 18.7. The van der Waals surface area contributed by atoms with Crippen LogP contribution in [0.3, 0.4) is 0 Å². The highest BCUT2D eigenvalue weighted by atomic mass is 35.5. The van der Waals surface area contributed by atoms with Crippen LogP contribution in [-0.4, -0.2) is 44.4 Å². The number of halogens is 1. The van der Waals surface area contributed by atoms with Gasteiger partial charge in [0.25, 0.3) is 17.6 Å². The average molecular weight is 433 g/mol. The third-order valence-electron chi connectivity index (χ3n) is 5.57. The van der Waals surface area contributed by atoms with Crippen molar-refractivity contribution in [2.45, 2.75) is 51.7 Å². The van der Waals surface area contributed by atoms with Crippen molar-refractivity contribution < 1.29 is 19.5 Å². The molecule has 9 heteroatoms. The zero-order valence-electron chi connectivity index (χ0n) is 17.2. The van der Waals surface area contributed by atoms with Crippen LogP contribution in [0.2, 0.25) is 5.02 Å².